The monoisotopic (exact) mass is 325 g/mol. The summed E-state index contributed by atoms with van der Waals surface area (Å²) in [6.07, 6.45) is 2.54. The van der Waals surface area contributed by atoms with E-state index in [1.807, 2.05) is 19.1 Å². The van der Waals surface area contributed by atoms with Crippen molar-refractivity contribution in [2.24, 2.45) is 4.99 Å². The summed E-state index contributed by atoms with van der Waals surface area (Å²) in [7, 11) is 1.64. The molecule has 2 N–H and O–H groups in total. The van der Waals surface area contributed by atoms with Crippen molar-refractivity contribution >= 4 is 17.6 Å². The molecule has 1 aromatic carbocycles. The Hall–Kier alpha value is -1.46. The summed E-state index contributed by atoms with van der Waals surface area (Å²) >= 11 is 5.98. The Morgan fingerprint density at radius 2 is 2.32 bits per heavy atom. The summed E-state index contributed by atoms with van der Waals surface area (Å²) in [5.74, 6) is 1.54. The van der Waals surface area contributed by atoms with E-state index in [1.54, 1.807) is 13.2 Å². The quantitative estimate of drug-likeness (QED) is 0.623. The van der Waals surface area contributed by atoms with E-state index in [2.05, 4.69) is 15.6 Å². The Morgan fingerprint density at radius 3 is 3.00 bits per heavy atom. The second-order valence-electron chi connectivity index (χ2n) is 5.17. The van der Waals surface area contributed by atoms with Gasteiger partial charge in [-0.3, -0.25) is 0 Å². The number of hydrogen-bond acceptors (Lipinski definition) is 3. The van der Waals surface area contributed by atoms with E-state index < -0.39 is 0 Å². The maximum atomic E-state index is 5.98. The minimum absolute atomic E-state index is 0.286. The summed E-state index contributed by atoms with van der Waals surface area (Å²) < 4.78 is 11.0. The molecule has 6 heteroatoms. The van der Waals surface area contributed by atoms with E-state index in [-0.39, 0.29) is 6.10 Å². The number of ether oxygens (including phenoxy) is 2. The van der Waals surface area contributed by atoms with Crippen molar-refractivity contribution in [3.8, 4) is 5.75 Å². The van der Waals surface area contributed by atoms with Crippen LogP contribution in [0.2, 0.25) is 5.02 Å². The number of benzene rings is 1. The fourth-order valence-electron chi connectivity index (χ4n) is 2.37. The van der Waals surface area contributed by atoms with E-state index >= 15 is 0 Å². The molecule has 1 saturated heterocycles. The minimum atomic E-state index is 0.286. The van der Waals surface area contributed by atoms with E-state index in [9.17, 15) is 0 Å². The molecule has 0 amide bonds. The van der Waals surface area contributed by atoms with Crippen LogP contribution in [-0.4, -0.2) is 38.9 Å². The number of halogens is 1. The molecule has 1 aliphatic rings. The predicted molar refractivity (Wildman–Crippen MR) is 89.8 cm³/mol. The molecule has 1 aliphatic heterocycles. The third-order valence-electron chi connectivity index (χ3n) is 3.52. The highest BCUT2D eigenvalue weighted by Crippen LogP contribution is 2.23. The molecule has 0 saturated carbocycles. The third-order valence-corrected chi connectivity index (χ3v) is 3.76. The van der Waals surface area contributed by atoms with Crippen molar-refractivity contribution in [3.05, 3.63) is 28.8 Å². The molecular weight excluding hydrogens is 302 g/mol. The average molecular weight is 326 g/mol. The Labute approximate surface area is 137 Å². The van der Waals surface area contributed by atoms with Gasteiger partial charge in [0.1, 0.15) is 5.75 Å². The molecule has 22 heavy (non-hydrogen) atoms. The van der Waals surface area contributed by atoms with Crippen LogP contribution in [0.3, 0.4) is 0 Å². The molecule has 1 atom stereocenters. The van der Waals surface area contributed by atoms with E-state index in [1.165, 1.54) is 0 Å². The molecule has 0 aliphatic carbocycles. The topological polar surface area (TPSA) is 54.9 Å². The first-order chi connectivity index (χ1) is 10.7. The first-order valence-electron chi connectivity index (χ1n) is 7.69. The Balaban J connectivity index is 1.96. The van der Waals surface area contributed by atoms with Gasteiger partial charge in [0.25, 0.3) is 0 Å². The van der Waals surface area contributed by atoms with Crippen LogP contribution in [0.15, 0.2) is 23.2 Å². The average Bonchev–Trinajstić information content (AvgIpc) is 3.04. The molecule has 5 nitrogen and oxygen atoms in total. The highest BCUT2D eigenvalue weighted by atomic mass is 35.5. The van der Waals surface area contributed by atoms with Crippen LogP contribution in [0.1, 0.15) is 25.3 Å². The molecule has 0 bridgehead atoms. The lowest BCUT2D eigenvalue weighted by molar-refractivity contribution is 0.114. The highest BCUT2D eigenvalue weighted by Gasteiger charge is 2.15. The van der Waals surface area contributed by atoms with Gasteiger partial charge in [-0.25, -0.2) is 4.99 Å². The summed E-state index contributed by atoms with van der Waals surface area (Å²) in [6.45, 7) is 5.04. The number of hydrogen-bond donors (Lipinski definition) is 2. The van der Waals surface area contributed by atoms with Gasteiger partial charge in [0.15, 0.2) is 5.96 Å². The minimum Gasteiger partial charge on any atom is -0.496 e. The van der Waals surface area contributed by atoms with Gasteiger partial charge in [0.05, 0.1) is 19.8 Å². The van der Waals surface area contributed by atoms with Crippen LogP contribution in [0.25, 0.3) is 0 Å². The maximum Gasteiger partial charge on any atom is 0.191 e. The standard InChI is InChI=1S/C16H24ClN3O2/c1-3-18-16(20-11-14-5-4-8-22-14)19-10-12-6-7-13(17)9-15(12)21-2/h6-7,9,14H,3-5,8,10-11H2,1-2H3,(H2,18,19,20). The lowest BCUT2D eigenvalue weighted by Crippen LogP contribution is -2.41. The SMILES string of the molecule is CCNC(=NCc1ccc(Cl)cc1OC)NCC1CCCO1. The second-order valence-corrected chi connectivity index (χ2v) is 5.60. The van der Waals surface area contributed by atoms with Gasteiger partial charge < -0.3 is 20.1 Å². The van der Waals surface area contributed by atoms with Crippen molar-refractivity contribution in [1.29, 1.82) is 0 Å². The van der Waals surface area contributed by atoms with Crippen LogP contribution in [0.5, 0.6) is 5.75 Å². The zero-order valence-electron chi connectivity index (χ0n) is 13.2. The number of aliphatic imine (C=N–C) groups is 1. The molecule has 1 fully saturated rings. The molecule has 122 valence electrons. The number of methoxy groups -OCH3 is 1. The molecule has 2 rings (SSSR count). The lowest BCUT2D eigenvalue weighted by Gasteiger charge is -2.15. The summed E-state index contributed by atoms with van der Waals surface area (Å²) in [5.41, 5.74) is 1.00. The zero-order valence-corrected chi connectivity index (χ0v) is 13.9. The van der Waals surface area contributed by atoms with Crippen LogP contribution >= 0.6 is 11.6 Å². The summed E-state index contributed by atoms with van der Waals surface area (Å²) in [5, 5.41) is 7.23. The molecule has 1 unspecified atom stereocenters. The second kappa shape index (κ2) is 8.86. The molecule has 1 aromatic rings. The van der Waals surface area contributed by atoms with Gasteiger partial charge in [0.2, 0.25) is 0 Å². The Kier molecular flexibility index (Phi) is 6.80. The van der Waals surface area contributed by atoms with Gasteiger partial charge in [-0.1, -0.05) is 17.7 Å². The van der Waals surface area contributed by atoms with Crippen LogP contribution in [0.4, 0.5) is 0 Å². The van der Waals surface area contributed by atoms with Crippen molar-refractivity contribution in [3.63, 3.8) is 0 Å². The molecule has 0 aromatic heterocycles. The van der Waals surface area contributed by atoms with Crippen molar-refractivity contribution < 1.29 is 9.47 Å². The van der Waals surface area contributed by atoms with Gasteiger partial charge in [-0.05, 0) is 31.9 Å². The number of nitrogens with zero attached hydrogens (tertiary/aromatic N) is 1. The fraction of sp³-hybridized carbons (Fsp3) is 0.562. The third kappa shape index (κ3) is 5.07. The fourth-order valence-corrected chi connectivity index (χ4v) is 2.53. The van der Waals surface area contributed by atoms with Gasteiger partial charge in [0, 0.05) is 30.3 Å². The number of nitrogens with one attached hydrogen (secondary N) is 2. The smallest absolute Gasteiger partial charge is 0.191 e. The summed E-state index contributed by atoms with van der Waals surface area (Å²) in [6, 6.07) is 5.59. The number of rotatable bonds is 6. The molecule has 1 heterocycles. The Bertz CT molecular complexity index is 502. The summed E-state index contributed by atoms with van der Waals surface area (Å²) in [4.78, 5) is 4.60. The van der Waals surface area contributed by atoms with Crippen molar-refractivity contribution in [2.45, 2.75) is 32.4 Å². The van der Waals surface area contributed by atoms with Crippen LogP contribution in [0, 0.1) is 0 Å². The number of guanidine groups is 1. The van der Waals surface area contributed by atoms with Crippen molar-refractivity contribution in [2.75, 3.05) is 26.8 Å². The first kappa shape index (κ1) is 16.9. The molecule has 0 radical (unpaired) electrons. The maximum absolute atomic E-state index is 5.98. The van der Waals surface area contributed by atoms with E-state index in [4.69, 9.17) is 21.1 Å². The molecular formula is C16H24ClN3O2. The van der Waals surface area contributed by atoms with Gasteiger partial charge in [-0.15, -0.1) is 0 Å². The van der Waals surface area contributed by atoms with E-state index in [0.29, 0.717) is 11.6 Å². The van der Waals surface area contributed by atoms with E-state index in [0.717, 1.165) is 49.8 Å². The highest BCUT2D eigenvalue weighted by molar-refractivity contribution is 6.30. The van der Waals surface area contributed by atoms with Crippen molar-refractivity contribution in [1.82, 2.24) is 10.6 Å². The molecule has 0 spiro atoms. The van der Waals surface area contributed by atoms with Crippen LogP contribution < -0.4 is 15.4 Å². The van der Waals surface area contributed by atoms with Gasteiger partial charge in [-0.2, -0.15) is 0 Å². The Morgan fingerprint density at radius 1 is 1.45 bits per heavy atom. The lowest BCUT2D eigenvalue weighted by atomic mass is 10.2. The van der Waals surface area contributed by atoms with Crippen LogP contribution in [-0.2, 0) is 11.3 Å². The predicted octanol–water partition coefficient (Wildman–Crippen LogP) is 2.58. The largest absolute Gasteiger partial charge is 0.496 e. The van der Waals surface area contributed by atoms with Gasteiger partial charge >= 0.3 is 0 Å². The normalized spacial score (nSPS) is 18.3. The first-order valence-corrected chi connectivity index (χ1v) is 8.07. The zero-order chi connectivity index (χ0) is 15.8.